The fourth-order valence-corrected chi connectivity index (χ4v) is 5.31. The van der Waals surface area contributed by atoms with Crippen molar-refractivity contribution in [3.8, 4) is 0 Å². The molecule has 3 aromatic rings. The number of ether oxygens (including phenoxy) is 1. The van der Waals surface area contributed by atoms with Crippen LogP contribution in [0.15, 0.2) is 23.1 Å². The number of nitrogens with one attached hydrogen (secondary N) is 2. The molecule has 2 fully saturated rings. The topological polar surface area (TPSA) is 140 Å². The number of hydrogen-bond acceptors (Lipinski definition) is 8. The zero-order valence-electron chi connectivity index (χ0n) is 22.3. The lowest BCUT2D eigenvalue weighted by atomic mass is 9.81. The van der Waals surface area contributed by atoms with Crippen molar-refractivity contribution in [2.75, 3.05) is 20.3 Å². The van der Waals surface area contributed by atoms with E-state index >= 15 is 0 Å². The van der Waals surface area contributed by atoms with Crippen molar-refractivity contribution in [2.45, 2.75) is 62.3 Å². The molecule has 234 valence electrons. The molecule has 1 saturated carbocycles. The van der Waals surface area contributed by atoms with Crippen molar-refractivity contribution < 1.29 is 49.7 Å². The average Bonchev–Trinajstić information content (AvgIpc) is 3.68. The van der Waals surface area contributed by atoms with Crippen molar-refractivity contribution >= 4 is 17.6 Å². The van der Waals surface area contributed by atoms with E-state index in [0.29, 0.717) is 0 Å². The molecule has 0 radical (unpaired) electrons. The van der Waals surface area contributed by atoms with E-state index in [4.69, 9.17) is 4.74 Å². The fraction of sp³-hybridized carbons (Fsp3) is 0.583. The molecule has 3 atom stereocenters. The summed E-state index contributed by atoms with van der Waals surface area (Å²) in [5, 5.41) is 15.0. The Bertz CT molecular complexity index is 1470. The third kappa shape index (κ3) is 6.35. The van der Waals surface area contributed by atoms with Crippen molar-refractivity contribution in [3.63, 3.8) is 0 Å². The molecule has 3 amide bonds. The van der Waals surface area contributed by atoms with Crippen molar-refractivity contribution in [3.05, 3.63) is 41.1 Å². The standard InChI is InChI=1S/C24H25F7N8O4/c1-42-10-14(38-9-15(24(29,30)31)34-22(38)41)12-6-16-33-13(8-39(16)32-7-12)17(11-2-4-23(27,28)5-3-11)35-21(40)19-18(20(25)26)36-43-37-19/h6-8,11,14-15,17,20H,2-5,9-10H2,1H3,(H,34,41)(H,35,40)/t14?,15-,17?/m0/s1. The van der Waals surface area contributed by atoms with E-state index in [1.807, 2.05) is 5.32 Å². The average molecular weight is 623 g/mol. The smallest absolute Gasteiger partial charge is 0.382 e. The molecule has 2 unspecified atom stereocenters. The van der Waals surface area contributed by atoms with Gasteiger partial charge < -0.3 is 20.3 Å². The number of carbonyl (C=O) groups is 2. The summed E-state index contributed by atoms with van der Waals surface area (Å²) < 4.78 is 105. The lowest BCUT2D eigenvalue weighted by Gasteiger charge is -2.33. The summed E-state index contributed by atoms with van der Waals surface area (Å²) in [5.41, 5.74) is -1.16. The van der Waals surface area contributed by atoms with Gasteiger partial charge in [0.2, 0.25) is 11.6 Å². The molecule has 5 rings (SSSR count). The molecule has 2 aliphatic rings. The molecule has 12 nitrogen and oxygen atoms in total. The molecule has 1 aliphatic carbocycles. The van der Waals surface area contributed by atoms with Crippen LogP contribution in [0.5, 0.6) is 0 Å². The van der Waals surface area contributed by atoms with E-state index in [-0.39, 0.29) is 36.4 Å². The fourth-order valence-electron chi connectivity index (χ4n) is 5.31. The SMILES string of the molecule is COCC(c1cnn2cc(C(NC(=O)c3nonc3C(F)F)C3CCC(F)(F)CC3)nc2c1)N1C[C@@H](C(F)(F)F)NC1=O. The van der Waals surface area contributed by atoms with Gasteiger partial charge in [-0.15, -0.1) is 0 Å². The van der Waals surface area contributed by atoms with Crippen LogP contribution in [0.1, 0.15) is 71.6 Å². The number of rotatable bonds is 9. The van der Waals surface area contributed by atoms with Crippen molar-refractivity contribution in [1.29, 1.82) is 0 Å². The minimum Gasteiger partial charge on any atom is -0.382 e. The zero-order chi connectivity index (χ0) is 31.1. The Balaban J connectivity index is 1.46. The van der Waals surface area contributed by atoms with Gasteiger partial charge in [0.1, 0.15) is 6.04 Å². The molecule has 0 spiro atoms. The van der Waals surface area contributed by atoms with Gasteiger partial charge in [0, 0.05) is 25.5 Å². The second kappa shape index (κ2) is 11.6. The molecule has 43 heavy (non-hydrogen) atoms. The Morgan fingerprint density at radius 2 is 1.98 bits per heavy atom. The molecule has 19 heteroatoms. The molecular formula is C24H25F7N8O4. The van der Waals surface area contributed by atoms with Gasteiger partial charge in [-0.3, -0.25) is 4.79 Å². The maximum Gasteiger partial charge on any atom is 0.410 e. The van der Waals surface area contributed by atoms with E-state index in [2.05, 4.69) is 30.3 Å². The Labute approximate surface area is 237 Å². The maximum absolute atomic E-state index is 13.9. The number of alkyl halides is 7. The summed E-state index contributed by atoms with van der Waals surface area (Å²) in [6.45, 7) is -0.838. The minimum absolute atomic E-state index is 0.0242. The van der Waals surface area contributed by atoms with Gasteiger partial charge in [-0.25, -0.2) is 36.5 Å². The third-order valence-corrected chi connectivity index (χ3v) is 7.55. The van der Waals surface area contributed by atoms with Crippen LogP contribution in [0, 0.1) is 5.92 Å². The largest absolute Gasteiger partial charge is 0.410 e. The number of carbonyl (C=O) groups excluding carboxylic acids is 2. The van der Waals surface area contributed by atoms with Crippen LogP contribution in [0.4, 0.5) is 35.5 Å². The summed E-state index contributed by atoms with van der Waals surface area (Å²) in [6.07, 6.45) is -6.11. The minimum atomic E-state index is -4.66. The van der Waals surface area contributed by atoms with Gasteiger partial charge in [-0.05, 0) is 35.1 Å². The van der Waals surface area contributed by atoms with Crippen LogP contribution in [-0.2, 0) is 4.74 Å². The second-order valence-electron chi connectivity index (χ2n) is 10.4. The number of hydrogen-bond donors (Lipinski definition) is 2. The van der Waals surface area contributed by atoms with E-state index < -0.39 is 85.3 Å². The Morgan fingerprint density at radius 1 is 1.26 bits per heavy atom. The van der Waals surface area contributed by atoms with Crippen LogP contribution >= 0.6 is 0 Å². The number of nitrogens with zero attached hydrogens (tertiary/aromatic N) is 6. The molecule has 0 aromatic carbocycles. The second-order valence-corrected chi connectivity index (χ2v) is 10.4. The summed E-state index contributed by atoms with van der Waals surface area (Å²) in [7, 11) is 1.31. The van der Waals surface area contributed by atoms with Crippen LogP contribution < -0.4 is 10.6 Å². The number of urea groups is 1. The summed E-state index contributed by atoms with van der Waals surface area (Å²) in [5.74, 6) is -4.55. The van der Waals surface area contributed by atoms with Crippen molar-refractivity contribution in [1.82, 2.24) is 40.4 Å². The Hall–Kier alpha value is -4.03. The number of halogens is 7. The summed E-state index contributed by atoms with van der Waals surface area (Å²) in [4.78, 5) is 30.8. The lowest BCUT2D eigenvalue weighted by Crippen LogP contribution is -2.40. The number of methoxy groups -OCH3 is 1. The van der Waals surface area contributed by atoms with E-state index in [1.54, 1.807) is 0 Å². The highest BCUT2D eigenvalue weighted by Crippen LogP contribution is 2.41. The maximum atomic E-state index is 13.9. The molecule has 2 N–H and O–H groups in total. The summed E-state index contributed by atoms with van der Waals surface area (Å²) in [6, 6.07) is -3.58. The first kappa shape index (κ1) is 30.4. The molecule has 3 aromatic heterocycles. The highest BCUT2D eigenvalue weighted by molar-refractivity contribution is 5.93. The third-order valence-electron chi connectivity index (χ3n) is 7.55. The Kier molecular flexibility index (Phi) is 8.19. The van der Waals surface area contributed by atoms with Crippen LogP contribution in [0.3, 0.4) is 0 Å². The normalized spacial score (nSPS) is 20.9. The molecule has 1 saturated heterocycles. The van der Waals surface area contributed by atoms with Crippen LogP contribution in [0.25, 0.3) is 5.65 Å². The van der Waals surface area contributed by atoms with Crippen LogP contribution in [-0.4, -0.2) is 80.2 Å². The van der Waals surface area contributed by atoms with Gasteiger partial charge in [-0.1, -0.05) is 0 Å². The molecule has 1 aliphatic heterocycles. The molecule has 0 bridgehead atoms. The molecular weight excluding hydrogens is 597 g/mol. The van der Waals surface area contributed by atoms with Gasteiger partial charge in [-0.2, -0.15) is 18.3 Å². The van der Waals surface area contributed by atoms with E-state index in [9.17, 15) is 40.3 Å². The summed E-state index contributed by atoms with van der Waals surface area (Å²) >= 11 is 0. The molecule has 4 heterocycles. The number of amides is 3. The predicted molar refractivity (Wildman–Crippen MR) is 129 cm³/mol. The Morgan fingerprint density at radius 3 is 2.60 bits per heavy atom. The van der Waals surface area contributed by atoms with Crippen LogP contribution in [0.2, 0.25) is 0 Å². The van der Waals surface area contributed by atoms with Crippen molar-refractivity contribution in [2.24, 2.45) is 5.92 Å². The quantitative estimate of drug-likeness (QED) is 0.342. The van der Waals surface area contributed by atoms with Gasteiger partial charge in [0.15, 0.2) is 11.3 Å². The number of fused-ring (bicyclic) bond motifs is 1. The monoisotopic (exact) mass is 622 g/mol. The van der Waals surface area contributed by atoms with E-state index in [0.717, 1.165) is 4.90 Å². The lowest BCUT2D eigenvalue weighted by molar-refractivity contribution is -0.150. The van der Waals surface area contributed by atoms with E-state index in [1.165, 1.54) is 30.1 Å². The first-order valence-electron chi connectivity index (χ1n) is 13.0. The first-order valence-corrected chi connectivity index (χ1v) is 13.0. The van der Waals surface area contributed by atoms with Gasteiger partial charge in [0.05, 0.1) is 43.3 Å². The number of imidazole rings is 1. The zero-order valence-corrected chi connectivity index (χ0v) is 22.3. The van der Waals surface area contributed by atoms with Gasteiger partial charge in [0.25, 0.3) is 12.3 Å². The first-order chi connectivity index (χ1) is 20.3. The number of aromatic nitrogens is 5. The highest BCUT2D eigenvalue weighted by Gasteiger charge is 2.48. The van der Waals surface area contributed by atoms with Gasteiger partial charge >= 0.3 is 12.2 Å². The highest BCUT2D eigenvalue weighted by atomic mass is 19.4. The predicted octanol–water partition coefficient (Wildman–Crippen LogP) is 3.99.